The lowest BCUT2D eigenvalue weighted by molar-refractivity contribution is -0.384. The lowest BCUT2D eigenvalue weighted by atomic mass is 10.1. The van der Waals surface area contributed by atoms with Crippen LogP contribution in [0, 0.1) is 17.0 Å². The molecular formula is C13H18N2O3S. The van der Waals surface area contributed by atoms with E-state index in [0.717, 1.165) is 5.56 Å². The first-order valence-corrected chi connectivity index (χ1v) is 6.95. The topological polar surface area (TPSA) is 72.6 Å². The van der Waals surface area contributed by atoms with E-state index in [1.807, 2.05) is 20.8 Å². The second-order valence-electron chi connectivity index (χ2n) is 5.35. The molecule has 0 radical (unpaired) electrons. The van der Waals surface area contributed by atoms with Gasteiger partial charge in [-0.3, -0.25) is 10.1 Å². The van der Waals surface area contributed by atoms with Crippen LogP contribution in [0.4, 0.5) is 5.69 Å². The van der Waals surface area contributed by atoms with Crippen LogP contribution in [0.25, 0.3) is 0 Å². The Kier molecular flexibility index (Phi) is 4.57. The highest BCUT2D eigenvalue weighted by atomic mass is 32.2. The van der Waals surface area contributed by atoms with Crippen LogP contribution in [0.3, 0.4) is 0 Å². The van der Waals surface area contributed by atoms with Crippen molar-refractivity contribution in [3.63, 3.8) is 0 Å². The van der Waals surface area contributed by atoms with Crippen LogP contribution in [-0.4, -0.2) is 19.6 Å². The van der Waals surface area contributed by atoms with E-state index in [9.17, 15) is 14.3 Å². The molecule has 0 aliphatic heterocycles. The Labute approximate surface area is 115 Å². The van der Waals surface area contributed by atoms with Gasteiger partial charge in [0.05, 0.1) is 15.4 Å². The van der Waals surface area contributed by atoms with Crippen molar-refractivity contribution in [2.75, 3.05) is 0 Å². The van der Waals surface area contributed by atoms with Crippen molar-refractivity contribution < 1.29 is 9.13 Å². The fourth-order valence-corrected chi connectivity index (χ4v) is 2.02. The molecule has 0 N–H and O–H groups in total. The van der Waals surface area contributed by atoms with Crippen LogP contribution in [0.2, 0.25) is 0 Å². The Bertz CT molecular complexity index is 559. The molecule has 19 heavy (non-hydrogen) atoms. The summed E-state index contributed by atoms with van der Waals surface area (Å²) < 4.78 is 15.6. The number of nitro benzene ring substituents is 1. The Morgan fingerprint density at radius 3 is 2.37 bits per heavy atom. The number of rotatable bonds is 3. The van der Waals surface area contributed by atoms with Gasteiger partial charge >= 0.3 is 0 Å². The smallest absolute Gasteiger partial charge is 0.258 e. The summed E-state index contributed by atoms with van der Waals surface area (Å²) in [7, 11) is -1.37. The molecule has 1 atom stereocenters. The monoisotopic (exact) mass is 282 g/mol. The van der Waals surface area contributed by atoms with Crippen molar-refractivity contribution >= 4 is 22.4 Å². The lowest BCUT2D eigenvalue weighted by Crippen LogP contribution is -2.20. The number of hydrogen-bond acceptors (Lipinski definition) is 3. The zero-order chi connectivity index (χ0) is 14.8. The Morgan fingerprint density at radius 2 is 1.89 bits per heavy atom. The molecule has 104 valence electrons. The molecule has 6 heteroatoms. The minimum Gasteiger partial charge on any atom is -0.258 e. The van der Waals surface area contributed by atoms with E-state index in [2.05, 4.69) is 4.40 Å². The summed E-state index contributed by atoms with van der Waals surface area (Å²) in [6.45, 7) is 8.99. The number of aryl methyl sites for hydroxylation is 1. The maximum atomic E-state index is 11.9. The molecule has 0 aliphatic carbocycles. The predicted octanol–water partition coefficient (Wildman–Crippen LogP) is 3.17. The van der Waals surface area contributed by atoms with E-state index >= 15 is 0 Å². The van der Waals surface area contributed by atoms with E-state index in [-0.39, 0.29) is 5.69 Å². The zero-order valence-corrected chi connectivity index (χ0v) is 12.6. The number of benzene rings is 1. The molecule has 0 saturated carbocycles. The van der Waals surface area contributed by atoms with Crippen molar-refractivity contribution in [2.45, 2.75) is 39.4 Å². The summed E-state index contributed by atoms with van der Waals surface area (Å²) in [5, 5.41) is 10.8. The maximum Gasteiger partial charge on any atom is 0.270 e. The summed E-state index contributed by atoms with van der Waals surface area (Å²) in [4.78, 5) is 10.4. The summed E-state index contributed by atoms with van der Waals surface area (Å²) in [5.41, 5.74) is 1.97. The molecule has 1 aromatic carbocycles. The van der Waals surface area contributed by atoms with Gasteiger partial charge in [0.25, 0.3) is 5.69 Å². The molecule has 5 nitrogen and oxygen atoms in total. The molecular weight excluding hydrogens is 264 g/mol. The van der Waals surface area contributed by atoms with E-state index in [4.69, 9.17) is 0 Å². The molecule has 0 aromatic heterocycles. The van der Waals surface area contributed by atoms with Gasteiger partial charge in [0.1, 0.15) is 11.0 Å². The molecule has 0 aliphatic rings. The number of nitrogens with zero attached hydrogens (tertiary/aromatic N) is 2. The van der Waals surface area contributed by atoms with Crippen LogP contribution in [0.5, 0.6) is 0 Å². The first-order valence-electron chi connectivity index (χ1n) is 5.85. The van der Waals surface area contributed by atoms with Gasteiger partial charge in [-0.15, -0.1) is 0 Å². The van der Waals surface area contributed by atoms with E-state index < -0.39 is 20.7 Å². The molecule has 0 bridgehead atoms. The summed E-state index contributed by atoms with van der Waals surface area (Å²) in [6, 6.07) is 4.74. The van der Waals surface area contributed by atoms with Gasteiger partial charge in [-0.2, -0.15) is 4.40 Å². The summed E-state index contributed by atoms with van der Waals surface area (Å²) >= 11 is 0. The van der Waals surface area contributed by atoms with Gasteiger partial charge < -0.3 is 0 Å². The summed E-state index contributed by atoms with van der Waals surface area (Å²) in [5.74, 6) is 0. The van der Waals surface area contributed by atoms with E-state index in [1.165, 1.54) is 12.1 Å². The highest BCUT2D eigenvalue weighted by Gasteiger charge is 2.19. The second-order valence-corrected chi connectivity index (χ2v) is 7.26. The lowest BCUT2D eigenvalue weighted by Gasteiger charge is -2.14. The first kappa shape index (κ1) is 15.5. The molecule has 0 unspecified atom stereocenters. The molecule has 1 aromatic rings. The summed E-state index contributed by atoms with van der Waals surface area (Å²) in [6.07, 6.45) is 0. The molecule has 0 saturated heterocycles. The van der Waals surface area contributed by atoms with Crippen LogP contribution in [-0.2, 0) is 11.0 Å². The molecule has 1 rings (SSSR count). The third-order valence-corrected chi connectivity index (χ3v) is 3.92. The SMILES string of the molecule is CC(=N[S@](=O)C(C)(C)C)c1cc(C)cc([N+](=O)[O-])c1. The van der Waals surface area contributed by atoms with Crippen LogP contribution >= 0.6 is 0 Å². The van der Waals surface area contributed by atoms with E-state index in [1.54, 1.807) is 19.9 Å². The minimum absolute atomic E-state index is 0.0195. The van der Waals surface area contributed by atoms with Crippen molar-refractivity contribution in [1.29, 1.82) is 0 Å². The van der Waals surface area contributed by atoms with Gasteiger partial charge in [-0.25, -0.2) is 4.21 Å². The highest BCUT2D eigenvalue weighted by Crippen LogP contribution is 2.19. The third-order valence-electron chi connectivity index (χ3n) is 2.43. The Hall–Kier alpha value is -1.56. The predicted molar refractivity (Wildman–Crippen MR) is 77.9 cm³/mol. The zero-order valence-electron chi connectivity index (χ0n) is 11.8. The van der Waals surface area contributed by atoms with Gasteiger partial charge in [0.15, 0.2) is 0 Å². The number of non-ortho nitro benzene ring substituents is 1. The van der Waals surface area contributed by atoms with Gasteiger partial charge in [0.2, 0.25) is 0 Å². The van der Waals surface area contributed by atoms with E-state index in [0.29, 0.717) is 11.3 Å². The van der Waals surface area contributed by atoms with Crippen molar-refractivity contribution in [3.8, 4) is 0 Å². The number of hydrogen-bond donors (Lipinski definition) is 0. The molecule has 0 amide bonds. The standard InChI is InChI=1S/C13H18N2O3S/c1-9-6-11(8-12(7-9)15(16)17)10(2)14-19(18)13(3,4)5/h6-8H,1-5H3/t19-/m1/s1. The minimum atomic E-state index is -1.37. The Balaban J connectivity index is 3.20. The molecule has 0 spiro atoms. The first-order chi connectivity index (χ1) is 8.61. The fourth-order valence-electron chi connectivity index (χ4n) is 1.39. The average molecular weight is 282 g/mol. The average Bonchev–Trinajstić information content (AvgIpc) is 2.26. The van der Waals surface area contributed by atoms with Crippen LogP contribution < -0.4 is 0 Å². The Morgan fingerprint density at radius 1 is 1.32 bits per heavy atom. The highest BCUT2D eigenvalue weighted by molar-refractivity contribution is 7.85. The molecule has 0 fully saturated rings. The van der Waals surface area contributed by atoms with Crippen molar-refractivity contribution in [3.05, 3.63) is 39.4 Å². The largest absolute Gasteiger partial charge is 0.270 e. The van der Waals surface area contributed by atoms with Crippen molar-refractivity contribution in [1.82, 2.24) is 0 Å². The second kappa shape index (κ2) is 5.61. The fraction of sp³-hybridized carbons (Fsp3) is 0.462. The van der Waals surface area contributed by atoms with Crippen LogP contribution in [0.15, 0.2) is 22.6 Å². The quantitative estimate of drug-likeness (QED) is 0.485. The van der Waals surface area contributed by atoms with Crippen molar-refractivity contribution in [2.24, 2.45) is 4.40 Å². The van der Waals surface area contributed by atoms with Gasteiger partial charge in [-0.05, 0) is 46.2 Å². The van der Waals surface area contributed by atoms with Crippen LogP contribution in [0.1, 0.15) is 38.8 Å². The van der Waals surface area contributed by atoms with Gasteiger partial charge in [-0.1, -0.05) is 0 Å². The van der Waals surface area contributed by atoms with Gasteiger partial charge in [0, 0.05) is 17.7 Å². The normalized spacial score (nSPS) is 14.3. The third kappa shape index (κ3) is 4.24. The maximum absolute atomic E-state index is 11.9. The molecule has 0 heterocycles. The number of nitro groups is 1.